The maximum Gasteiger partial charge on any atom is 0.241 e. The van der Waals surface area contributed by atoms with Crippen LogP contribution in [0.4, 0.5) is 0 Å². The van der Waals surface area contributed by atoms with Crippen molar-refractivity contribution in [1.82, 2.24) is 9.62 Å². The zero-order valence-corrected chi connectivity index (χ0v) is 15.0. The third-order valence-electron chi connectivity index (χ3n) is 4.83. The number of likely N-dealkylation sites (N-methyl/N-ethyl adjacent to an activating group) is 1. The van der Waals surface area contributed by atoms with Crippen LogP contribution in [-0.2, 0) is 10.0 Å². The molecular formula is C20H20N2O2S. The van der Waals surface area contributed by atoms with Crippen LogP contribution < -0.4 is 4.72 Å². The highest BCUT2D eigenvalue weighted by Gasteiger charge is 2.38. The van der Waals surface area contributed by atoms with E-state index in [1.807, 2.05) is 38.4 Å². The zero-order valence-electron chi connectivity index (χ0n) is 14.2. The molecule has 0 saturated heterocycles. The summed E-state index contributed by atoms with van der Waals surface area (Å²) in [6.45, 7) is 0. The molecule has 1 N–H and O–H groups in total. The minimum Gasteiger partial charge on any atom is -0.301 e. The van der Waals surface area contributed by atoms with Gasteiger partial charge in [0, 0.05) is 0 Å². The number of hydrogen-bond donors (Lipinski definition) is 1. The largest absolute Gasteiger partial charge is 0.301 e. The summed E-state index contributed by atoms with van der Waals surface area (Å²) in [5.74, 6) is 0. The van der Waals surface area contributed by atoms with Crippen LogP contribution >= 0.6 is 0 Å². The highest BCUT2D eigenvalue weighted by molar-refractivity contribution is 7.89. The number of nitrogens with zero attached hydrogens (tertiary/aromatic N) is 1. The first kappa shape index (κ1) is 16.3. The second-order valence-corrected chi connectivity index (χ2v) is 8.33. The topological polar surface area (TPSA) is 49.4 Å². The molecule has 5 heteroatoms. The second kappa shape index (κ2) is 5.95. The van der Waals surface area contributed by atoms with Gasteiger partial charge in [0.05, 0.1) is 17.0 Å². The van der Waals surface area contributed by atoms with Crippen LogP contribution in [0.2, 0.25) is 0 Å². The van der Waals surface area contributed by atoms with Crippen LogP contribution in [0.1, 0.15) is 23.2 Å². The Labute approximate surface area is 148 Å². The first-order valence-electron chi connectivity index (χ1n) is 8.24. The molecule has 1 aliphatic rings. The van der Waals surface area contributed by atoms with Gasteiger partial charge in [-0.25, -0.2) is 13.1 Å². The summed E-state index contributed by atoms with van der Waals surface area (Å²) in [5, 5.41) is 2.30. The lowest BCUT2D eigenvalue weighted by Gasteiger charge is -2.28. The van der Waals surface area contributed by atoms with Crippen LogP contribution in [0, 0.1) is 0 Å². The van der Waals surface area contributed by atoms with Crippen LogP contribution in [-0.4, -0.2) is 27.4 Å². The van der Waals surface area contributed by atoms with Crippen molar-refractivity contribution in [3.05, 3.63) is 77.9 Å². The van der Waals surface area contributed by atoms with Crippen molar-refractivity contribution in [1.29, 1.82) is 0 Å². The minimum atomic E-state index is -3.60. The summed E-state index contributed by atoms with van der Waals surface area (Å²) in [7, 11) is 0.369. The molecule has 4 nitrogen and oxygen atoms in total. The molecular weight excluding hydrogens is 332 g/mol. The standard InChI is InChI=1S/C20H20N2O2S/c1-22(2)20-17-13-7-9-14-8-6-12-16(18(14)17)19(20)21-25(23,24)15-10-4-3-5-11-15/h3-13,19-21H,1-2H3/t19-,20-/m0/s1. The number of nitrogens with one attached hydrogen (secondary N) is 1. The Morgan fingerprint density at radius 2 is 1.48 bits per heavy atom. The SMILES string of the molecule is CN(C)[C@H]1c2cccc3cccc(c23)[C@@H]1NS(=O)(=O)c1ccccc1. The number of benzene rings is 3. The Bertz CT molecular complexity index is 1020. The van der Waals surface area contributed by atoms with Gasteiger partial charge in [0.1, 0.15) is 0 Å². The maximum atomic E-state index is 12.9. The van der Waals surface area contributed by atoms with Crippen molar-refractivity contribution in [2.45, 2.75) is 17.0 Å². The van der Waals surface area contributed by atoms with Crippen molar-refractivity contribution in [3.8, 4) is 0 Å². The lowest BCUT2D eigenvalue weighted by molar-refractivity contribution is 0.258. The molecule has 0 radical (unpaired) electrons. The van der Waals surface area contributed by atoms with Gasteiger partial charge in [-0.3, -0.25) is 0 Å². The van der Waals surface area contributed by atoms with E-state index < -0.39 is 10.0 Å². The van der Waals surface area contributed by atoms with E-state index in [-0.39, 0.29) is 17.0 Å². The Hall–Kier alpha value is -2.21. The quantitative estimate of drug-likeness (QED) is 0.782. The molecule has 0 unspecified atom stereocenters. The molecule has 0 saturated carbocycles. The van der Waals surface area contributed by atoms with Crippen LogP contribution in [0.25, 0.3) is 10.8 Å². The van der Waals surface area contributed by atoms with E-state index in [1.165, 1.54) is 5.56 Å². The van der Waals surface area contributed by atoms with Crippen LogP contribution in [0.5, 0.6) is 0 Å². The minimum absolute atomic E-state index is 0.0420. The van der Waals surface area contributed by atoms with Gasteiger partial charge >= 0.3 is 0 Å². The number of rotatable bonds is 4. The molecule has 4 rings (SSSR count). The van der Waals surface area contributed by atoms with Crippen LogP contribution in [0.3, 0.4) is 0 Å². The Balaban J connectivity index is 1.84. The third-order valence-corrected chi connectivity index (χ3v) is 6.29. The van der Waals surface area contributed by atoms with Gasteiger partial charge in [-0.2, -0.15) is 0 Å². The van der Waals surface area contributed by atoms with E-state index in [0.717, 1.165) is 16.3 Å². The molecule has 1 aliphatic carbocycles. The van der Waals surface area contributed by atoms with Gasteiger partial charge in [-0.1, -0.05) is 54.6 Å². The normalized spacial score (nSPS) is 19.6. The highest BCUT2D eigenvalue weighted by atomic mass is 32.2. The number of hydrogen-bond acceptors (Lipinski definition) is 3. The maximum absolute atomic E-state index is 12.9. The fraction of sp³-hybridized carbons (Fsp3) is 0.200. The lowest BCUT2D eigenvalue weighted by atomic mass is 10.0. The summed E-state index contributed by atoms with van der Waals surface area (Å²) in [4.78, 5) is 2.36. The van der Waals surface area contributed by atoms with Crippen molar-refractivity contribution in [2.24, 2.45) is 0 Å². The van der Waals surface area contributed by atoms with Crippen molar-refractivity contribution >= 4 is 20.8 Å². The average molecular weight is 352 g/mol. The van der Waals surface area contributed by atoms with E-state index >= 15 is 0 Å². The van der Waals surface area contributed by atoms with E-state index in [9.17, 15) is 8.42 Å². The van der Waals surface area contributed by atoms with E-state index in [2.05, 4.69) is 27.8 Å². The van der Waals surface area contributed by atoms with Gasteiger partial charge in [-0.15, -0.1) is 0 Å². The molecule has 0 heterocycles. The van der Waals surface area contributed by atoms with Gasteiger partial charge in [0.25, 0.3) is 0 Å². The number of sulfonamides is 1. The van der Waals surface area contributed by atoms with Gasteiger partial charge in [0.2, 0.25) is 10.0 Å². The fourth-order valence-electron chi connectivity index (χ4n) is 3.79. The van der Waals surface area contributed by atoms with Crippen molar-refractivity contribution in [2.75, 3.05) is 14.1 Å². The molecule has 3 aromatic carbocycles. The molecule has 0 aliphatic heterocycles. The summed E-state index contributed by atoms with van der Waals surface area (Å²) in [5.41, 5.74) is 2.20. The summed E-state index contributed by atoms with van der Waals surface area (Å²) < 4.78 is 28.7. The molecule has 0 spiro atoms. The Morgan fingerprint density at radius 1 is 0.840 bits per heavy atom. The predicted octanol–water partition coefficient (Wildman–Crippen LogP) is 3.48. The molecule has 0 amide bonds. The van der Waals surface area contributed by atoms with Gasteiger partial charge in [-0.05, 0) is 48.1 Å². The smallest absolute Gasteiger partial charge is 0.241 e. The predicted molar refractivity (Wildman–Crippen MR) is 99.9 cm³/mol. The molecule has 128 valence electrons. The molecule has 2 atom stereocenters. The van der Waals surface area contributed by atoms with Gasteiger partial charge < -0.3 is 4.90 Å². The first-order chi connectivity index (χ1) is 12.0. The monoisotopic (exact) mass is 352 g/mol. The summed E-state index contributed by atoms with van der Waals surface area (Å²) in [6, 6.07) is 20.5. The fourth-order valence-corrected chi connectivity index (χ4v) is 5.04. The van der Waals surface area contributed by atoms with Crippen molar-refractivity contribution in [3.63, 3.8) is 0 Å². The van der Waals surface area contributed by atoms with E-state index in [1.54, 1.807) is 24.3 Å². The molecule has 0 fully saturated rings. The van der Waals surface area contributed by atoms with E-state index in [4.69, 9.17) is 0 Å². The second-order valence-electron chi connectivity index (χ2n) is 6.61. The van der Waals surface area contributed by atoms with Gasteiger partial charge in [0.15, 0.2) is 0 Å². The molecule has 25 heavy (non-hydrogen) atoms. The highest BCUT2D eigenvalue weighted by Crippen LogP contribution is 2.46. The third kappa shape index (κ3) is 2.65. The van der Waals surface area contributed by atoms with Crippen LogP contribution in [0.15, 0.2) is 71.6 Å². The van der Waals surface area contributed by atoms with Crippen molar-refractivity contribution < 1.29 is 8.42 Å². The molecule has 0 aromatic heterocycles. The lowest BCUT2D eigenvalue weighted by Crippen LogP contribution is -2.35. The summed E-state index contributed by atoms with van der Waals surface area (Å²) >= 11 is 0. The Kier molecular flexibility index (Phi) is 3.87. The zero-order chi connectivity index (χ0) is 17.6. The Morgan fingerprint density at radius 3 is 2.12 bits per heavy atom. The average Bonchev–Trinajstić information content (AvgIpc) is 2.91. The molecule has 0 bridgehead atoms. The molecule has 3 aromatic rings. The first-order valence-corrected chi connectivity index (χ1v) is 9.73. The van der Waals surface area contributed by atoms with E-state index in [0.29, 0.717) is 0 Å². The summed E-state index contributed by atoms with van der Waals surface area (Å²) in [6.07, 6.45) is 0.